The molecule has 0 saturated heterocycles. The van der Waals surface area contributed by atoms with Crippen LogP contribution in [0, 0.1) is 17.6 Å². The van der Waals surface area contributed by atoms with Crippen LogP contribution in [0.25, 0.3) is 11.1 Å². The lowest BCUT2D eigenvalue weighted by Crippen LogP contribution is -2.28. The fraction of sp³-hybridized carbons (Fsp3) is 0.350. The number of ether oxygens (including phenoxy) is 2. The summed E-state index contributed by atoms with van der Waals surface area (Å²) in [6.45, 7) is 4.10. The molecule has 25 heavy (non-hydrogen) atoms. The van der Waals surface area contributed by atoms with E-state index in [4.69, 9.17) is 9.47 Å². The maximum Gasteiger partial charge on any atom is 0.314 e. The molecule has 5 heteroatoms. The van der Waals surface area contributed by atoms with Crippen LogP contribution in [0.4, 0.5) is 8.78 Å². The quantitative estimate of drug-likeness (QED) is 0.570. The molecular formula is C20H20F2O3. The third-order valence-electron chi connectivity index (χ3n) is 4.36. The van der Waals surface area contributed by atoms with Crippen molar-refractivity contribution in [2.45, 2.75) is 33.1 Å². The summed E-state index contributed by atoms with van der Waals surface area (Å²) >= 11 is 0. The molecule has 0 N–H and O–H groups in total. The van der Waals surface area contributed by atoms with Crippen molar-refractivity contribution in [2.75, 3.05) is 6.61 Å². The second-order valence-electron chi connectivity index (χ2n) is 6.10. The Hall–Kier alpha value is -2.43. The zero-order chi connectivity index (χ0) is 18.0. The molecule has 3 rings (SSSR count). The molecule has 0 amide bonds. The highest BCUT2D eigenvalue weighted by molar-refractivity contribution is 5.79. The van der Waals surface area contributed by atoms with E-state index >= 15 is 0 Å². The van der Waals surface area contributed by atoms with Gasteiger partial charge in [-0.3, -0.25) is 4.79 Å². The zero-order valence-corrected chi connectivity index (χ0v) is 14.3. The molecule has 3 nitrogen and oxygen atoms in total. The van der Waals surface area contributed by atoms with Gasteiger partial charge in [-0.25, -0.2) is 8.78 Å². The Labute approximate surface area is 145 Å². The largest absolute Gasteiger partial charge is 0.491 e. The fourth-order valence-corrected chi connectivity index (χ4v) is 3.13. The van der Waals surface area contributed by atoms with Crippen molar-refractivity contribution in [3.63, 3.8) is 0 Å². The van der Waals surface area contributed by atoms with Crippen molar-refractivity contribution in [3.05, 3.63) is 47.5 Å². The van der Waals surface area contributed by atoms with Crippen molar-refractivity contribution < 1.29 is 23.0 Å². The van der Waals surface area contributed by atoms with Gasteiger partial charge >= 0.3 is 5.97 Å². The first kappa shape index (κ1) is 17.4. The maximum atomic E-state index is 14.9. The Bertz CT molecular complexity index is 802. The minimum atomic E-state index is -0.635. The molecule has 0 bridgehead atoms. The highest BCUT2D eigenvalue weighted by Crippen LogP contribution is 2.38. The van der Waals surface area contributed by atoms with Gasteiger partial charge in [0, 0.05) is 5.56 Å². The number of fused-ring (bicyclic) bond motifs is 1. The van der Waals surface area contributed by atoms with Gasteiger partial charge in [0.05, 0.1) is 12.5 Å². The summed E-state index contributed by atoms with van der Waals surface area (Å²) in [4.78, 5) is 12.1. The monoisotopic (exact) mass is 346 g/mol. The van der Waals surface area contributed by atoms with Gasteiger partial charge in [0.15, 0.2) is 23.1 Å². The maximum absolute atomic E-state index is 14.9. The predicted octanol–water partition coefficient (Wildman–Crippen LogP) is 4.91. The second-order valence-corrected chi connectivity index (χ2v) is 6.10. The summed E-state index contributed by atoms with van der Waals surface area (Å²) in [5, 5.41) is 0. The van der Waals surface area contributed by atoms with Gasteiger partial charge < -0.3 is 9.47 Å². The molecule has 1 aliphatic rings. The lowest BCUT2D eigenvalue weighted by molar-refractivity contribution is -0.140. The van der Waals surface area contributed by atoms with E-state index in [1.807, 2.05) is 6.92 Å². The molecule has 1 atom stereocenters. The first-order valence-corrected chi connectivity index (χ1v) is 8.50. The van der Waals surface area contributed by atoms with Gasteiger partial charge in [0.1, 0.15) is 0 Å². The molecule has 0 spiro atoms. The molecule has 0 radical (unpaired) electrons. The number of rotatable bonds is 5. The molecule has 0 saturated carbocycles. The van der Waals surface area contributed by atoms with Crippen LogP contribution in [-0.4, -0.2) is 12.6 Å². The summed E-state index contributed by atoms with van der Waals surface area (Å²) < 4.78 is 39.3. The van der Waals surface area contributed by atoms with Crippen LogP contribution in [0.5, 0.6) is 11.5 Å². The van der Waals surface area contributed by atoms with E-state index in [2.05, 4.69) is 0 Å². The number of carbonyl (C=O) groups is 1. The van der Waals surface area contributed by atoms with Gasteiger partial charge in [-0.2, -0.15) is 0 Å². The highest BCUT2D eigenvalue weighted by atomic mass is 19.1. The van der Waals surface area contributed by atoms with Crippen molar-refractivity contribution in [2.24, 2.45) is 5.92 Å². The fourth-order valence-electron chi connectivity index (χ4n) is 3.13. The number of carbonyl (C=O) groups excluding carboxylic acids is 1. The number of esters is 1. The molecule has 1 heterocycles. The molecular weight excluding hydrogens is 326 g/mol. The van der Waals surface area contributed by atoms with E-state index in [9.17, 15) is 13.6 Å². The molecule has 0 aromatic heterocycles. The summed E-state index contributed by atoms with van der Waals surface area (Å²) in [7, 11) is 0. The lowest BCUT2D eigenvalue weighted by Gasteiger charge is -2.24. The Morgan fingerprint density at radius 2 is 2.00 bits per heavy atom. The van der Waals surface area contributed by atoms with E-state index in [0.717, 1.165) is 6.42 Å². The van der Waals surface area contributed by atoms with Crippen LogP contribution >= 0.6 is 0 Å². The third-order valence-corrected chi connectivity index (χ3v) is 4.36. The van der Waals surface area contributed by atoms with Crippen molar-refractivity contribution in [3.8, 4) is 22.6 Å². The van der Waals surface area contributed by atoms with E-state index < -0.39 is 17.6 Å². The summed E-state index contributed by atoms with van der Waals surface area (Å²) in [5.74, 6) is -1.74. The summed E-state index contributed by atoms with van der Waals surface area (Å²) in [5.41, 5.74) is 1.24. The summed E-state index contributed by atoms with van der Waals surface area (Å²) in [6.07, 6.45) is 2.05. The van der Waals surface area contributed by atoms with Gasteiger partial charge in [0.25, 0.3) is 0 Å². The predicted molar refractivity (Wildman–Crippen MR) is 90.7 cm³/mol. The minimum absolute atomic E-state index is 0.0378. The highest BCUT2D eigenvalue weighted by Gasteiger charge is 2.30. The van der Waals surface area contributed by atoms with Crippen molar-refractivity contribution >= 4 is 5.97 Å². The van der Waals surface area contributed by atoms with E-state index in [1.54, 1.807) is 25.1 Å². The lowest BCUT2D eigenvalue weighted by atomic mass is 9.90. The van der Waals surface area contributed by atoms with E-state index in [1.165, 1.54) is 12.1 Å². The summed E-state index contributed by atoms with van der Waals surface area (Å²) in [6, 6.07) is 7.63. The first-order valence-electron chi connectivity index (χ1n) is 8.50. The topological polar surface area (TPSA) is 35.5 Å². The molecule has 0 fully saturated rings. The van der Waals surface area contributed by atoms with Gasteiger partial charge in [0.2, 0.25) is 0 Å². The zero-order valence-electron chi connectivity index (χ0n) is 14.3. The normalized spacial score (nSPS) is 16.3. The van der Waals surface area contributed by atoms with Gasteiger partial charge in [-0.05, 0) is 43.0 Å². The van der Waals surface area contributed by atoms with Crippen LogP contribution < -0.4 is 9.47 Å². The average Bonchev–Trinajstić information content (AvgIpc) is 2.59. The van der Waals surface area contributed by atoms with Crippen LogP contribution in [0.2, 0.25) is 0 Å². The second kappa shape index (κ2) is 7.21. The Balaban J connectivity index is 1.97. The average molecular weight is 346 g/mol. The number of hydrogen-bond donors (Lipinski definition) is 0. The number of halogens is 2. The Morgan fingerprint density at radius 3 is 2.68 bits per heavy atom. The van der Waals surface area contributed by atoms with Crippen molar-refractivity contribution in [1.82, 2.24) is 0 Å². The number of hydrogen-bond acceptors (Lipinski definition) is 3. The molecule has 2 aromatic rings. The smallest absolute Gasteiger partial charge is 0.314 e. The van der Waals surface area contributed by atoms with Crippen molar-refractivity contribution in [1.29, 1.82) is 0 Å². The molecule has 1 aliphatic heterocycles. The van der Waals surface area contributed by atoms with E-state index in [0.29, 0.717) is 30.6 Å². The number of benzene rings is 2. The van der Waals surface area contributed by atoms with Gasteiger partial charge in [-0.15, -0.1) is 0 Å². The minimum Gasteiger partial charge on any atom is -0.491 e. The Morgan fingerprint density at radius 1 is 1.20 bits per heavy atom. The van der Waals surface area contributed by atoms with Crippen LogP contribution in [-0.2, 0) is 11.2 Å². The van der Waals surface area contributed by atoms with Gasteiger partial charge in [-0.1, -0.05) is 31.5 Å². The van der Waals surface area contributed by atoms with Crippen LogP contribution in [0.3, 0.4) is 0 Å². The molecule has 0 aliphatic carbocycles. The van der Waals surface area contributed by atoms with E-state index in [-0.39, 0.29) is 23.0 Å². The van der Waals surface area contributed by atoms with Crippen LogP contribution in [0.1, 0.15) is 32.3 Å². The molecule has 132 valence electrons. The standard InChI is InChI=1S/C20H20F2O3/c1-3-5-14-10-13-6-8-15(18(22)19(13)25-20(14)23)12-7-9-17(24-4-2)16(21)11-12/h6-9,11,14H,3-5,10H2,1-2H3. The SMILES string of the molecule is CCCC1Cc2ccc(-c3ccc(OCC)c(F)c3)c(F)c2OC1=O. The first-order chi connectivity index (χ1) is 12.0. The Kier molecular flexibility index (Phi) is 5.02. The molecule has 2 aromatic carbocycles. The molecule has 1 unspecified atom stereocenters. The van der Waals surface area contributed by atoms with Crippen LogP contribution in [0.15, 0.2) is 30.3 Å². The third kappa shape index (κ3) is 3.36.